The van der Waals surface area contributed by atoms with Gasteiger partial charge in [-0.1, -0.05) is 0 Å². The summed E-state index contributed by atoms with van der Waals surface area (Å²) in [5.41, 5.74) is 2.25. The Balaban J connectivity index is 0. The molecule has 0 spiro atoms. The first-order valence-electron chi connectivity index (χ1n) is 7.53. The van der Waals surface area contributed by atoms with E-state index in [0.29, 0.717) is 0 Å². The molecule has 0 aliphatic heterocycles. The van der Waals surface area contributed by atoms with E-state index in [4.69, 9.17) is 16.4 Å². The molecule has 16 heteroatoms. The first kappa shape index (κ1) is 29.4. The molecule has 0 saturated carbocycles. The minimum Gasteiger partial charge on any atom is -0.465 e. The number of aromatic amines is 1. The van der Waals surface area contributed by atoms with Gasteiger partial charge in [-0.15, -0.1) is 11.6 Å². The van der Waals surface area contributed by atoms with Gasteiger partial charge in [-0.05, 0) is 13.8 Å². The second kappa shape index (κ2) is 13.4. The van der Waals surface area contributed by atoms with Crippen molar-refractivity contribution in [3.8, 4) is 0 Å². The van der Waals surface area contributed by atoms with Crippen molar-refractivity contribution in [1.82, 2.24) is 9.97 Å². The Kier molecular flexibility index (Phi) is 13.1. The zero-order chi connectivity index (χ0) is 24.1. The highest BCUT2D eigenvalue weighted by atomic mass is 35.5. The van der Waals surface area contributed by atoms with Crippen molar-refractivity contribution < 1.29 is 55.0 Å². The number of nitrogens with one attached hydrogen (secondary N) is 1. The number of halogens is 7. The first-order chi connectivity index (χ1) is 13.7. The lowest BCUT2D eigenvalue weighted by atomic mass is 10.3. The fourth-order valence-electron chi connectivity index (χ4n) is 1.33. The van der Waals surface area contributed by atoms with Gasteiger partial charge in [-0.25, -0.2) is 14.6 Å². The number of amides is 1. The Morgan fingerprint density at radius 2 is 1.63 bits per heavy atom. The van der Waals surface area contributed by atoms with Crippen LogP contribution in [0.4, 0.5) is 26.3 Å². The standard InChI is InChI=1S/C7H7F3N2O2.C6H6ClF3O3.CH3NO/c1-2-14-6(13)4-5(7(8,9)10)12-3-11-4;1-2-13-5(12)3(7)4(11)6(8,9)10;2-1-3/h3H,2H2,1H3,(H,11,12);3H,2H2,1H3;1H,(H2,2,3). The molecule has 30 heavy (non-hydrogen) atoms. The molecule has 1 atom stereocenters. The van der Waals surface area contributed by atoms with E-state index in [0.717, 1.165) is 6.33 Å². The molecule has 1 aromatic heterocycles. The summed E-state index contributed by atoms with van der Waals surface area (Å²) in [7, 11) is 0. The summed E-state index contributed by atoms with van der Waals surface area (Å²) in [6.45, 7) is 2.76. The molecule has 0 aromatic carbocycles. The van der Waals surface area contributed by atoms with Gasteiger partial charge in [-0.3, -0.25) is 9.59 Å². The number of imidazole rings is 1. The number of H-pyrrole nitrogens is 1. The Hall–Kier alpha value is -2.84. The fourth-order valence-corrected chi connectivity index (χ4v) is 1.52. The smallest absolute Gasteiger partial charge is 0.452 e. The molecule has 1 heterocycles. The van der Waals surface area contributed by atoms with Crippen molar-refractivity contribution >= 4 is 35.7 Å². The number of hydrogen-bond donors (Lipinski definition) is 2. The normalized spacial score (nSPS) is 11.6. The number of carbonyl (C=O) groups is 4. The molecule has 1 aromatic rings. The van der Waals surface area contributed by atoms with Crippen molar-refractivity contribution in [3.63, 3.8) is 0 Å². The predicted molar refractivity (Wildman–Crippen MR) is 87.1 cm³/mol. The number of nitrogens with zero attached hydrogens (tertiary/aromatic N) is 1. The Morgan fingerprint density at radius 1 is 1.17 bits per heavy atom. The fraction of sp³-hybridized carbons (Fsp3) is 0.500. The number of ether oxygens (including phenoxy) is 2. The molecular formula is C14H16ClF6N3O6. The highest BCUT2D eigenvalue weighted by Crippen LogP contribution is 2.29. The van der Waals surface area contributed by atoms with Gasteiger partial charge in [0.25, 0.3) is 5.78 Å². The van der Waals surface area contributed by atoms with Crippen LogP contribution in [0.2, 0.25) is 0 Å². The highest BCUT2D eigenvalue weighted by molar-refractivity contribution is 6.41. The van der Waals surface area contributed by atoms with Gasteiger partial charge in [0.15, 0.2) is 16.8 Å². The second-order valence-corrected chi connectivity index (χ2v) is 4.89. The van der Waals surface area contributed by atoms with E-state index in [1.165, 1.54) is 13.8 Å². The summed E-state index contributed by atoms with van der Waals surface area (Å²) in [5.74, 6) is -4.78. The summed E-state index contributed by atoms with van der Waals surface area (Å²) in [4.78, 5) is 45.5. The molecule has 0 fully saturated rings. The molecule has 1 amide bonds. The lowest BCUT2D eigenvalue weighted by Crippen LogP contribution is -2.37. The van der Waals surface area contributed by atoms with Crippen LogP contribution >= 0.6 is 11.6 Å². The Labute approximate surface area is 169 Å². The molecule has 9 nitrogen and oxygen atoms in total. The number of nitrogens with two attached hydrogens (primary N) is 1. The van der Waals surface area contributed by atoms with Crippen LogP contribution in [0, 0.1) is 0 Å². The summed E-state index contributed by atoms with van der Waals surface area (Å²) < 4.78 is 80.1. The number of aromatic nitrogens is 2. The lowest BCUT2D eigenvalue weighted by molar-refractivity contribution is -0.174. The third kappa shape index (κ3) is 10.6. The maximum atomic E-state index is 12.2. The Bertz CT molecular complexity index is 707. The van der Waals surface area contributed by atoms with E-state index >= 15 is 0 Å². The van der Waals surface area contributed by atoms with Gasteiger partial charge in [0, 0.05) is 0 Å². The van der Waals surface area contributed by atoms with E-state index in [1.54, 1.807) is 0 Å². The van der Waals surface area contributed by atoms with Crippen LogP contribution in [0.3, 0.4) is 0 Å². The first-order valence-corrected chi connectivity index (χ1v) is 7.97. The van der Waals surface area contributed by atoms with Gasteiger partial charge in [-0.2, -0.15) is 26.3 Å². The van der Waals surface area contributed by atoms with Gasteiger partial charge >= 0.3 is 24.3 Å². The quantitative estimate of drug-likeness (QED) is 0.220. The van der Waals surface area contributed by atoms with E-state index in [-0.39, 0.29) is 19.6 Å². The molecular weight excluding hydrogens is 456 g/mol. The molecule has 0 bridgehead atoms. The summed E-state index contributed by atoms with van der Waals surface area (Å²) >= 11 is 4.90. The van der Waals surface area contributed by atoms with E-state index in [9.17, 15) is 40.7 Å². The zero-order valence-electron chi connectivity index (χ0n) is 15.3. The molecule has 1 rings (SSSR count). The van der Waals surface area contributed by atoms with Gasteiger partial charge in [0.2, 0.25) is 6.41 Å². The van der Waals surface area contributed by atoms with Crippen molar-refractivity contribution in [3.05, 3.63) is 17.7 Å². The van der Waals surface area contributed by atoms with Crippen LogP contribution in [0.1, 0.15) is 30.0 Å². The van der Waals surface area contributed by atoms with E-state index < -0.39 is 46.8 Å². The van der Waals surface area contributed by atoms with Gasteiger partial charge in [0.1, 0.15) is 0 Å². The van der Waals surface area contributed by atoms with Crippen molar-refractivity contribution in [2.75, 3.05) is 13.2 Å². The van der Waals surface area contributed by atoms with Crippen molar-refractivity contribution in [2.24, 2.45) is 5.73 Å². The average molecular weight is 472 g/mol. The highest BCUT2D eigenvalue weighted by Gasteiger charge is 2.46. The number of alkyl halides is 7. The van der Waals surface area contributed by atoms with Crippen LogP contribution < -0.4 is 5.73 Å². The van der Waals surface area contributed by atoms with Crippen molar-refractivity contribution in [1.29, 1.82) is 0 Å². The van der Waals surface area contributed by atoms with Crippen LogP contribution in [-0.2, 0) is 30.0 Å². The summed E-state index contributed by atoms with van der Waals surface area (Å²) in [6, 6.07) is 0. The minimum atomic E-state index is -5.11. The third-order valence-electron chi connectivity index (χ3n) is 2.39. The van der Waals surface area contributed by atoms with Crippen molar-refractivity contribution in [2.45, 2.75) is 31.6 Å². The number of Topliss-reactive ketones (excluding diaryl/α,β-unsaturated/α-hetero) is 1. The van der Waals surface area contributed by atoms with E-state index in [2.05, 4.69) is 20.2 Å². The molecule has 0 radical (unpaired) electrons. The Morgan fingerprint density at radius 3 is 2.00 bits per heavy atom. The number of hydrogen-bond acceptors (Lipinski definition) is 7. The second-order valence-electron chi connectivity index (χ2n) is 4.46. The van der Waals surface area contributed by atoms with Crippen LogP contribution in [0.15, 0.2) is 6.33 Å². The number of primary amides is 1. The number of esters is 2. The van der Waals surface area contributed by atoms with Gasteiger partial charge in [0.05, 0.1) is 19.5 Å². The molecule has 0 aliphatic rings. The summed E-state index contributed by atoms with van der Waals surface area (Å²) in [6.07, 6.45) is -8.69. The minimum absolute atomic E-state index is 0.00297. The maximum absolute atomic E-state index is 12.2. The molecule has 3 N–H and O–H groups in total. The van der Waals surface area contributed by atoms with Crippen LogP contribution in [0.5, 0.6) is 0 Å². The maximum Gasteiger partial charge on any atom is 0.452 e. The van der Waals surface area contributed by atoms with Crippen LogP contribution in [-0.4, -0.2) is 58.9 Å². The number of carbonyl (C=O) groups excluding carboxylic acids is 4. The molecule has 1 unspecified atom stereocenters. The summed E-state index contributed by atoms with van der Waals surface area (Å²) in [5, 5.41) is -2.31. The largest absolute Gasteiger partial charge is 0.465 e. The van der Waals surface area contributed by atoms with Gasteiger partial charge < -0.3 is 20.2 Å². The molecule has 172 valence electrons. The van der Waals surface area contributed by atoms with E-state index in [1.807, 2.05) is 4.98 Å². The zero-order valence-corrected chi connectivity index (χ0v) is 16.0. The predicted octanol–water partition coefficient (Wildman–Crippen LogP) is 1.99. The molecule has 0 saturated heterocycles. The topological polar surface area (TPSA) is 141 Å². The third-order valence-corrected chi connectivity index (χ3v) is 2.77. The molecule has 0 aliphatic carbocycles. The number of ketones is 1. The SMILES string of the molecule is CCOC(=O)C(Cl)C(=O)C(F)(F)F.CCOC(=O)c1nc[nH]c1C(F)(F)F.NC=O. The van der Waals surface area contributed by atoms with Crippen LogP contribution in [0.25, 0.3) is 0 Å². The average Bonchev–Trinajstić information content (AvgIpc) is 3.11. The lowest BCUT2D eigenvalue weighted by Gasteiger charge is -2.09. The monoisotopic (exact) mass is 471 g/mol. The number of rotatable bonds is 5.